The first kappa shape index (κ1) is 14.4. The Bertz CT molecular complexity index is 449. The minimum Gasteiger partial charge on any atom is -0.460 e. The van der Waals surface area contributed by atoms with Crippen LogP contribution in [0.3, 0.4) is 0 Å². The van der Waals surface area contributed by atoms with E-state index in [-0.39, 0.29) is 29.5 Å². The van der Waals surface area contributed by atoms with Crippen LogP contribution in [-0.4, -0.2) is 30.7 Å². The molecule has 0 bridgehead atoms. The van der Waals surface area contributed by atoms with Crippen molar-refractivity contribution in [2.24, 2.45) is 0 Å². The number of hydrogen-bond acceptors (Lipinski definition) is 5. The quantitative estimate of drug-likeness (QED) is 0.344. The molecule has 0 aliphatic rings. The van der Waals surface area contributed by atoms with Gasteiger partial charge in [0.2, 0.25) is 0 Å². The number of hydrogen-bond donors (Lipinski definition) is 0. The highest BCUT2D eigenvalue weighted by Gasteiger charge is 2.16. The molecule has 1 aromatic rings. The molecule has 0 aliphatic carbocycles. The summed E-state index contributed by atoms with van der Waals surface area (Å²) >= 11 is 5.78. The van der Waals surface area contributed by atoms with E-state index in [0.29, 0.717) is 6.61 Å². The number of carbonyl (C=O) groups excluding carboxylic acids is 1. The predicted molar refractivity (Wildman–Crippen MR) is 64.9 cm³/mol. The zero-order valence-electron chi connectivity index (χ0n) is 9.72. The molecule has 0 heterocycles. The summed E-state index contributed by atoms with van der Waals surface area (Å²) in [6.07, 6.45) is 0. The number of carbonyl (C=O) groups is 1. The highest BCUT2D eigenvalue weighted by atomic mass is 35.5. The standard InChI is InChI=1S/C11H12ClNO5/c1-2-17-5-6-18-11(14)9-7-8(13(15)16)3-4-10(9)12/h3-4,7H,2,5-6H2,1H3. The van der Waals surface area contributed by atoms with E-state index in [2.05, 4.69) is 0 Å². The second kappa shape index (κ2) is 6.93. The number of benzene rings is 1. The molecule has 18 heavy (non-hydrogen) atoms. The van der Waals surface area contributed by atoms with Crippen LogP contribution in [0.2, 0.25) is 5.02 Å². The maximum Gasteiger partial charge on any atom is 0.339 e. The van der Waals surface area contributed by atoms with Crippen molar-refractivity contribution in [1.29, 1.82) is 0 Å². The van der Waals surface area contributed by atoms with Crippen LogP contribution in [0.1, 0.15) is 17.3 Å². The van der Waals surface area contributed by atoms with Crippen LogP contribution in [0, 0.1) is 10.1 Å². The topological polar surface area (TPSA) is 78.7 Å². The third kappa shape index (κ3) is 3.97. The predicted octanol–water partition coefficient (Wildman–Crippen LogP) is 2.44. The monoisotopic (exact) mass is 273 g/mol. The van der Waals surface area contributed by atoms with Gasteiger partial charge in [0.05, 0.1) is 22.1 Å². The zero-order chi connectivity index (χ0) is 13.5. The van der Waals surface area contributed by atoms with Crippen LogP contribution in [0.25, 0.3) is 0 Å². The van der Waals surface area contributed by atoms with Gasteiger partial charge in [-0.3, -0.25) is 10.1 Å². The third-order valence-electron chi connectivity index (χ3n) is 2.05. The van der Waals surface area contributed by atoms with Gasteiger partial charge in [-0.2, -0.15) is 0 Å². The first-order chi connectivity index (χ1) is 8.56. The van der Waals surface area contributed by atoms with Gasteiger partial charge in [0.1, 0.15) is 6.61 Å². The Balaban J connectivity index is 2.72. The van der Waals surface area contributed by atoms with Crippen molar-refractivity contribution in [3.05, 3.63) is 38.9 Å². The minimum atomic E-state index is -0.705. The molecule has 0 saturated carbocycles. The minimum absolute atomic E-state index is 0.0256. The molecule has 0 amide bonds. The van der Waals surface area contributed by atoms with Gasteiger partial charge < -0.3 is 9.47 Å². The Morgan fingerprint density at radius 1 is 1.44 bits per heavy atom. The lowest BCUT2D eigenvalue weighted by Gasteiger charge is -2.06. The zero-order valence-corrected chi connectivity index (χ0v) is 10.5. The van der Waals surface area contributed by atoms with E-state index in [4.69, 9.17) is 21.1 Å². The molecule has 0 atom stereocenters. The van der Waals surface area contributed by atoms with E-state index in [9.17, 15) is 14.9 Å². The molecule has 7 heteroatoms. The van der Waals surface area contributed by atoms with Gasteiger partial charge in [-0.25, -0.2) is 4.79 Å². The summed E-state index contributed by atoms with van der Waals surface area (Å²) in [5.74, 6) is -0.705. The van der Waals surface area contributed by atoms with Gasteiger partial charge in [0, 0.05) is 18.7 Å². The van der Waals surface area contributed by atoms with E-state index in [1.54, 1.807) is 0 Å². The van der Waals surface area contributed by atoms with Crippen LogP contribution in [0.15, 0.2) is 18.2 Å². The maximum atomic E-state index is 11.6. The molecule has 0 N–H and O–H groups in total. The van der Waals surface area contributed by atoms with Crippen molar-refractivity contribution in [3.63, 3.8) is 0 Å². The lowest BCUT2D eigenvalue weighted by atomic mass is 10.2. The molecular weight excluding hydrogens is 262 g/mol. The average molecular weight is 274 g/mol. The van der Waals surface area contributed by atoms with Crippen LogP contribution < -0.4 is 0 Å². The van der Waals surface area contributed by atoms with Gasteiger partial charge in [-0.05, 0) is 13.0 Å². The van der Waals surface area contributed by atoms with Crippen molar-refractivity contribution in [3.8, 4) is 0 Å². The number of non-ortho nitro benzene ring substituents is 1. The smallest absolute Gasteiger partial charge is 0.339 e. The van der Waals surface area contributed by atoms with Crippen LogP contribution in [0.5, 0.6) is 0 Å². The molecule has 1 rings (SSSR count). The first-order valence-corrected chi connectivity index (χ1v) is 5.63. The molecular formula is C11H12ClNO5. The van der Waals surface area contributed by atoms with E-state index in [0.717, 1.165) is 6.07 Å². The molecule has 1 aromatic carbocycles. The van der Waals surface area contributed by atoms with E-state index in [1.165, 1.54) is 12.1 Å². The fraction of sp³-hybridized carbons (Fsp3) is 0.364. The highest BCUT2D eigenvalue weighted by molar-refractivity contribution is 6.33. The van der Waals surface area contributed by atoms with Crippen molar-refractivity contribution in [2.75, 3.05) is 19.8 Å². The summed E-state index contributed by atoms with van der Waals surface area (Å²) in [6.45, 7) is 2.69. The van der Waals surface area contributed by atoms with Crippen LogP contribution >= 0.6 is 11.6 Å². The number of nitro benzene ring substituents is 1. The lowest BCUT2D eigenvalue weighted by Crippen LogP contribution is -2.11. The fourth-order valence-electron chi connectivity index (χ4n) is 1.20. The van der Waals surface area contributed by atoms with Gasteiger partial charge in [-0.15, -0.1) is 0 Å². The molecule has 0 spiro atoms. The van der Waals surface area contributed by atoms with Gasteiger partial charge in [0.15, 0.2) is 0 Å². The normalized spacial score (nSPS) is 10.1. The Labute approximate surface area is 109 Å². The molecule has 0 unspecified atom stereocenters. The lowest BCUT2D eigenvalue weighted by molar-refractivity contribution is -0.384. The Hall–Kier alpha value is -1.66. The van der Waals surface area contributed by atoms with Gasteiger partial charge >= 0.3 is 5.97 Å². The van der Waals surface area contributed by atoms with Crippen LogP contribution in [0.4, 0.5) is 5.69 Å². The molecule has 6 nitrogen and oxygen atoms in total. The molecule has 0 saturated heterocycles. The Morgan fingerprint density at radius 2 is 2.17 bits per heavy atom. The summed E-state index contributed by atoms with van der Waals surface area (Å²) in [6, 6.07) is 3.60. The van der Waals surface area contributed by atoms with Gasteiger partial charge in [-0.1, -0.05) is 11.6 Å². The maximum absolute atomic E-state index is 11.6. The molecule has 0 aromatic heterocycles. The van der Waals surface area contributed by atoms with E-state index in [1.807, 2.05) is 6.92 Å². The summed E-state index contributed by atoms with van der Waals surface area (Å²) in [5, 5.41) is 10.7. The summed E-state index contributed by atoms with van der Waals surface area (Å²) in [4.78, 5) is 21.6. The van der Waals surface area contributed by atoms with E-state index >= 15 is 0 Å². The molecule has 0 radical (unpaired) electrons. The third-order valence-corrected chi connectivity index (χ3v) is 2.38. The Kier molecular flexibility index (Phi) is 5.54. The number of nitrogens with zero attached hydrogens (tertiary/aromatic N) is 1. The molecule has 98 valence electrons. The number of esters is 1. The van der Waals surface area contributed by atoms with Gasteiger partial charge in [0.25, 0.3) is 5.69 Å². The molecule has 0 fully saturated rings. The summed E-state index contributed by atoms with van der Waals surface area (Å²) in [7, 11) is 0. The second-order valence-electron chi connectivity index (χ2n) is 3.25. The van der Waals surface area contributed by atoms with Crippen molar-refractivity contribution in [2.45, 2.75) is 6.92 Å². The number of halogens is 1. The average Bonchev–Trinajstić information content (AvgIpc) is 2.34. The molecule has 0 aliphatic heterocycles. The highest BCUT2D eigenvalue weighted by Crippen LogP contribution is 2.22. The van der Waals surface area contributed by atoms with Crippen LogP contribution in [-0.2, 0) is 9.47 Å². The second-order valence-corrected chi connectivity index (χ2v) is 3.66. The Morgan fingerprint density at radius 3 is 2.78 bits per heavy atom. The summed E-state index contributed by atoms with van der Waals surface area (Å²) in [5.41, 5.74) is -0.237. The largest absolute Gasteiger partial charge is 0.460 e. The van der Waals surface area contributed by atoms with E-state index < -0.39 is 10.9 Å². The summed E-state index contributed by atoms with van der Waals surface area (Å²) < 4.78 is 9.87. The van der Waals surface area contributed by atoms with Crippen molar-refractivity contribution < 1.29 is 19.2 Å². The first-order valence-electron chi connectivity index (χ1n) is 5.25. The number of nitro groups is 1. The number of ether oxygens (including phenoxy) is 2. The van der Waals surface area contributed by atoms with Crippen molar-refractivity contribution in [1.82, 2.24) is 0 Å². The SMILES string of the molecule is CCOCCOC(=O)c1cc([N+](=O)[O-])ccc1Cl. The fourth-order valence-corrected chi connectivity index (χ4v) is 1.39. The number of rotatable bonds is 6. The van der Waals surface area contributed by atoms with Crippen molar-refractivity contribution >= 4 is 23.3 Å².